The first-order valence-electron chi connectivity index (χ1n) is 11.2. The van der Waals surface area contributed by atoms with Gasteiger partial charge in [-0.1, -0.05) is 41.9 Å². The summed E-state index contributed by atoms with van der Waals surface area (Å²) in [5.74, 6) is -1.53. The molecule has 14 heteroatoms. The van der Waals surface area contributed by atoms with Crippen molar-refractivity contribution in [3.8, 4) is 5.82 Å². The van der Waals surface area contributed by atoms with Crippen molar-refractivity contribution < 1.29 is 26.8 Å². The van der Waals surface area contributed by atoms with Crippen LogP contribution in [-0.2, 0) is 9.84 Å². The van der Waals surface area contributed by atoms with E-state index >= 15 is 0 Å². The SMILES string of the molecule is Cc1cccc(C(=O)NCC(F)(F)S(=O)(=O)c2ccccc2)c1NC(=O)c1cc(Br)nn1-c1ncccc1Cl. The molecule has 2 aromatic carbocycles. The van der Waals surface area contributed by atoms with Crippen LogP contribution in [0.5, 0.6) is 0 Å². The number of anilines is 1. The summed E-state index contributed by atoms with van der Waals surface area (Å²) in [6.45, 7) is 0.117. The van der Waals surface area contributed by atoms with Gasteiger partial charge in [0.1, 0.15) is 10.3 Å². The van der Waals surface area contributed by atoms with Gasteiger partial charge in [0.2, 0.25) is 9.84 Å². The molecular formula is C25H19BrClF2N5O4S. The molecule has 2 amide bonds. The Hall–Kier alpha value is -3.68. The number of hydrogen-bond acceptors (Lipinski definition) is 6. The zero-order chi connectivity index (χ0) is 28.4. The first kappa shape index (κ1) is 28.3. The molecule has 0 saturated heterocycles. The normalized spacial score (nSPS) is 11.7. The van der Waals surface area contributed by atoms with Crippen LogP contribution in [0.4, 0.5) is 14.5 Å². The number of carbonyl (C=O) groups excluding carboxylic acids is 2. The van der Waals surface area contributed by atoms with Crippen LogP contribution in [0.3, 0.4) is 0 Å². The minimum atomic E-state index is -5.07. The molecular weight excluding hydrogens is 620 g/mol. The van der Waals surface area contributed by atoms with E-state index in [2.05, 4.69) is 31.3 Å². The van der Waals surface area contributed by atoms with Crippen LogP contribution in [-0.4, -0.2) is 46.8 Å². The molecule has 0 aliphatic rings. The highest BCUT2D eigenvalue weighted by Crippen LogP contribution is 2.29. The summed E-state index contributed by atoms with van der Waals surface area (Å²) in [5, 5.41) is 4.71. The summed E-state index contributed by atoms with van der Waals surface area (Å²) < 4.78 is 55.8. The van der Waals surface area contributed by atoms with Gasteiger partial charge in [-0.25, -0.2) is 18.1 Å². The van der Waals surface area contributed by atoms with Crippen LogP contribution in [0.2, 0.25) is 5.02 Å². The van der Waals surface area contributed by atoms with Gasteiger partial charge in [0, 0.05) is 12.3 Å². The van der Waals surface area contributed by atoms with Gasteiger partial charge in [-0.2, -0.15) is 13.9 Å². The van der Waals surface area contributed by atoms with E-state index in [1.807, 2.05) is 5.32 Å². The van der Waals surface area contributed by atoms with Crippen LogP contribution >= 0.6 is 27.5 Å². The molecule has 2 N–H and O–H groups in total. The summed E-state index contributed by atoms with van der Waals surface area (Å²) >= 11 is 9.43. The molecule has 39 heavy (non-hydrogen) atoms. The number of hydrogen-bond donors (Lipinski definition) is 2. The Kier molecular flexibility index (Phi) is 8.14. The lowest BCUT2D eigenvalue weighted by Crippen LogP contribution is -2.42. The summed E-state index contributed by atoms with van der Waals surface area (Å²) in [5.41, 5.74) is 0.334. The number of para-hydroxylation sites is 1. The molecule has 0 radical (unpaired) electrons. The topological polar surface area (TPSA) is 123 Å². The van der Waals surface area contributed by atoms with E-state index < -0.39 is 38.3 Å². The number of benzene rings is 2. The van der Waals surface area contributed by atoms with Crippen molar-refractivity contribution in [3.63, 3.8) is 0 Å². The fourth-order valence-electron chi connectivity index (χ4n) is 3.55. The molecule has 0 atom stereocenters. The Labute approximate surface area is 235 Å². The van der Waals surface area contributed by atoms with E-state index in [1.165, 1.54) is 47.3 Å². The first-order valence-corrected chi connectivity index (χ1v) is 13.8. The van der Waals surface area contributed by atoms with Crippen molar-refractivity contribution in [2.75, 3.05) is 11.9 Å². The van der Waals surface area contributed by atoms with E-state index in [-0.39, 0.29) is 27.8 Å². The van der Waals surface area contributed by atoms with Crippen LogP contribution in [0.15, 0.2) is 82.4 Å². The van der Waals surface area contributed by atoms with Gasteiger partial charge in [-0.15, -0.1) is 0 Å². The van der Waals surface area contributed by atoms with E-state index in [0.29, 0.717) is 10.2 Å². The van der Waals surface area contributed by atoms with Crippen LogP contribution in [0.25, 0.3) is 5.82 Å². The second-order valence-electron chi connectivity index (χ2n) is 8.16. The molecule has 0 unspecified atom stereocenters. The molecule has 2 aromatic heterocycles. The number of pyridine rings is 1. The molecule has 0 spiro atoms. The van der Waals surface area contributed by atoms with Crippen LogP contribution in [0.1, 0.15) is 26.4 Å². The fourth-order valence-corrected chi connectivity index (χ4v) is 5.25. The smallest absolute Gasteiger partial charge is 0.345 e. The first-order chi connectivity index (χ1) is 18.4. The third-order valence-corrected chi connectivity index (χ3v) is 8.02. The number of nitrogens with one attached hydrogen (secondary N) is 2. The lowest BCUT2D eigenvalue weighted by molar-refractivity contribution is 0.0757. The standard InChI is InChI=1S/C25H19BrClF2N5O4S/c1-15-7-5-10-17(23(35)31-14-25(28,29)39(37,38)16-8-3-2-4-9-16)21(15)32-24(36)19-13-20(26)33-34(19)22-18(27)11-6-12-30-22/h2-13H,14H2,1H3,(H,31,35)(H,32,36). The Morgan fingerprint density at radius 3 is 2.46 bits per heavy atom. The van der Waals surface area contributed by atoms with Gasteiger partial charge in [0.05, 0.1) is 27.7 Å². The Morgan fingerprint density at radius 2 is 1.77 bits per heavy atom. The quantitative estimate of drug-likeness (QED) is 0.279. The molecule has 202 valence electrons. The highest BCUT2D eigenvalue weighted by Gasteiger charge is 2.46. The largest absolute Gasteiger partial charge is 0.366 e. The Balaban J connectivity index is 1.58. The lowest BCUT2D eigenvalue weighted by atomic mass is 10.1. The summed E-state index contributed by atoms with van der Waals surface area (Å²) in [4.78, 5) is 29.8. The molecule has 0 bridgehead atoms. The van der Waals surface area contributed by atoms with Crippen LogP contribution < -0.4 is 10.6 Å². The predicted molar refractivity (Wildman–Crippen MR) is 144 cm³/mol. The molecule has 4 aromatic rings. The second kappa shape index (κ2) is 11.2. The molecule has 2 heterocycles. The van der Waals surface area contributed by atoms with Gasteiger partial charge < -0.3 is 10.6 Å². The third kappa shape index (κ3) is 5.84. The molecule has 0 fully saturated rings. The fraction of sp³-hybridized carbons (Fsp3) is 0.120. The predicted octanol–water partition coefficient (Wildman–Crippen LogP) is 5.04. The van der Waals surface area contributed by atoms with Crippen molar-refractivity contribution in [2.24, 2.45) is 0 Å². The number of amides is 2. The summed E-state index contributed by atoms with van der Waals surface area (Å²) in [6, 6.07) is 15.2. The maximum Gasteiger partial charge on any atom is 0.366 e. The molecule has 0 aliphatic carbocycles. The summed E-state index contributed by atoms with van der Waals surface area (Å²) in [7, 11) is -5.07. The average Bonchev–Trinajstić information content (AvgIpc) is 3.30. The van der Waals surface area contributed by atoms with Crippen LogP contribution in [0, 0.1) is 6.92 Å². The van der Waals surface area contributed by atoms with Gasteiger partial charge >= 0.3 is 5.25 Å². The Morgan fingerprint density at radius 1 is 1.05 bits per heavy atom. The third-order valence-electron chi connectivity index (χ3n) is 5.51. The minimum Gasteiger partial charge on any atom is -0.345 e. The van der Waals surface area contributed by atoms with Crippen molar-refractivity contribution in [1.82, 2.24) is 20.1 Å². The molecule has 4 rings (SSSR count). The van der Waals surface area contributed by atoms with E-state index in [0.717, 1.165) is 12.1 Å². The minimum absolute atomic E-state index is 0.0116. The van der Waals surface area contributed by atoms with Gasteiger partial charge in [0.25, 0.3) is 11.8 Å². The maximum atomic E-state index is 14.7. The molecule has 0 saturated carbocycles. The second-order valence-corrected chi connectivity index (χ2v) is 11.5. The number of aromatic nitrogens is 3. The van der Waals surface area contributed by atoms with Gasteiger partial charge in [-0.3, -0.25) is 9.59 Å². The number of rotatable bonds is 8. The zero-order valence-electron chi connectivity index (χ0n) is 20.0. The highest BCUT2D eigenvalue weighted by atomic mass is 79.9. The number of carbonyl (C=O) groups is 2. The highest BCUT2D eigenvalue weighted by molar-refractivity contribution is 9.10. The van der Waals surface area contributed by atoms with Gasteiger partial charge in [-0.05, 0) is 58.7 Å². The molecule has 9 nitrogen and oxygen atoms in total. The maximum absolute atomic E-state index is 14.7. The van der Waals surface area contributed by atoms with E-state index in [4.69, 9.17) is 11.6 Å². The zero-order valence-corrected chi connectivity index (χ0v) is 23.2. The number of nitrogens with zero attached hydrogens (tertiary/aromatic N) is 3. The van der Waals surface area contributed by atoms with Crippen molar-refractivity contribution >= 4 is 54.9 Å². The Bertz CT molecular complexity index is 1670. The van der Waals surface area contributed by atoms with E-state index in [9.17, 15) is 26.8 Å². The summed E-state index contributed by atoms with van der Waals surface area (Å²) in [6.07, 6.45) is 1.47. The van der Waals surface area contributed by atoms with Crippen molar-refractivity contribution in [3.05, 3.63) is 99.4 Å². The number of halogens is 4. The van der Waals surface area contributed by atoms with Crippen molar-refractivity contribution in [2.45, 2.75) is 17.1 Å². The monoisotopic (exact) mass is 637 g/mol. The van der Waals surface area contributed by atoms with Gasteiger partial charge in [0.15, 0.2) is 5.82 Å². The lowest BCUT2D eigenvalue weighted by Gasteiger charge is -2.19. The molecule has 0 aliphatic heterocycles. The average molecular weight is 639 g/mol. The number of alkyl halides is 2. The van der Waals surface area contributed by atoms with Crippen molar-refractivity contribution in [1.29, 1.82) is 0 Å². The van der Waals surface area contributed by atoms with E-state index in [1.54, 1.807) is 25.1 Å². The number of aryl methyl sites for hydroxylation is 1. The number of sulfone groups is 1.